The number of carbonyl (C=O) groups excluding carboxylic acids is 1. The highest BCUT2D eigenvalue weighted by atomic mass is 32.2. The van der Waals surface area contributed by atoms with Gasteiger partial charge in [0, 0.05) is 31.4 Å². The zero-order valence-electron chi connectivity index (χ0n) is 16.5. The fraction of sp³-hybridized carbons (Fsp3) is 0.429. The molecule has 2 heterocycles. The first-order valence-corrected chi connectivity index (χ1v) is 10.7. The number of rotatable bonds is 8. The topological polar surface area (TPSA) is 51.9 Å². The van der Waals surface area contributed by atoms with Crippen LogP contribution in [0.15, 0.2) is 36.4 Å². The van der Waals surface area contributed by atoms with Gasteiger partial charge in [-0.2, -0.15) is 11.8 Å². The van der Waals surface area contributed by atoms with Gasteiger partial charge < -0.3 is 14.5 Å². The van der Waals surface area contributed by atoms with E-state index in [0.717, 1.165) is 29.0 Å². The van der Waals surface area contributed by atoms with Crippen molar-refractivity contribution in [3.05, 3.63) is 53.6 Å². The van der Waals surface area contributed by atoms with E-state index in [-0.39, 0.29) is 11.9 Å². The number of aryl methyl sites for hydroxylation is 3. The van der Waals surface area contributed by atoms with Crippen molar-refractivity contribution in [3.8, 4) is 0 Å². The summed E-state index contributed by atoms with van der Waals surface area (Å²) in [4.78, 5) is 17.5. The summed E-state index contributed by atoms with van der Waals surface area (Å²) in [5, 5.41) is 3.22. The zero-order valence-corrected chi connectivity index (χ0v) is 17.3. The van der Waals surface area contributed by atoms with Crippen molar-refractivity contribution in [1.82, 2.24) is 19.4 Å². The van der Waals surface area contributed by atoms with Crippen LogP contribution in [0.1, 0.15) is 36.1 Å². The van der Waals surface area contributed by atoms with Crippen LogP contribution < -0.4 is 5.32 Å². The van der Waals surface area contributed by atoms with Crippen molar-refractivity contribution in [2.45, 2.75) is 39.3 Å². The smallest absolute Gasteiger partial charge is 0.222 e. The Hall–Kier alpha value is -2.21. The lowest BCUT2D eigenvalue weighted by Gasteiger charge is -2.19. The van der Waals surface area contributed by atoms with Crippen LogP contribution in [0.25, 0.3) is 11.0 Å². The molecule has 3 aromatic rings. The lowest BCUT2D eigenvalue weighted by molar-refractivity contribution is -0.122. The standard InChI is InChI=1S/C21H28N4OS/c1-15-9-10-16(2)25(15)13-11-20(26)22-18(12-14-27-4)21-23-17-7-5-6-8-19(17)24(21)3/h5-10,18H,11-14H2,1-4H3,(H,22,26)/t18-/m0/s1. The Morgan fingerprint density at radius 1 is 1.19 bits per heavy atom. The van der Waals surface area contributed by atoms with Gasteiger partial charge in [-0.3, -0.25) is 4.79 Å². The van der Waals surface area contributed by atoms with Gasteiger partial charge >= 0.3 is 0 Å². The Balaban J connectivity index is 1.74. The molecule has 1 atom stereocenters. The molecule has 3 rings (SSSR count). The Morgan fingerprint density at radius 3 is 2.56 bits per heavy atom. The van der Waals surface area contributed by atoms with Gasteiger partial charge in [-0.1, -0.05) is 12.1 Å². The molecule has 27 heavy (non-hydrogen) atoms. The SMILES string of the molecule is CSCC[C@H](NC(=O)CCn1c(C)ccc1C)c1nc2ccccc2n1C. The predicted molar refractivity (Wildman–Crippen MR) is 113 cm³/mol. The van der Waals surface area contributed by atoms with Crippen LogP contribution in [0.3, 0.4) is 0 Å². The molecule has 144 valence electrons. The maximum atomic E-state index is 12.7. The van der Waals surface area contributed by atoms with Crippen molar-refractivity contribution in [1.29, 1.82) is 0 Å². The van der Waals surface area contributed by atoms with Gasteiger partial charge in [0.05, 0.1) is 17.1 Å². The second-order valence-corrected chi connectivity index (χ2v) is 7.92. The minimum Gasteiger partial charge on any atom is -0.349 e. The Kier molecular flexibility index (Phi) is 6.26. The molecule has 0 radical (unpaired) electrons. The molecule has 0 bridgehead atoms. The second kappa shape index (κ2) is 8.65. The van der Waals surface area contributed by atoms with E-state index in [9.17, 15) is 4.79 Å². The van der Waals surface area contributed by atoms with Gasteiger partial charge in [0.2, 0.25) is 5.91 Å². The number of aromatic nitrogens is 3. The van der Waals surface area contributed by atoms with Crippen molar-refractivity contribution in [2.24, 2.45) is 7.05 Å². The average molecular weight is 385 g/mol. The van der Waals surface area contributed by atoms with Crippen LogP contribution in [0, 0.1) is 13.8 Å². The number of nitrogens with zero attached hydrogens (tertiary/aromatic N) is 3. The summed E-state index contributed by atoms with van der Waals surface area (Å²) in [7, 11) is 2.02. The van der Waals surface area contributed by atoms with E-state index < -0.39 is 0 Å². The molecule has 5 nitrogen and oxygen atoms in total. The number of benzene rings is 1. The molecule has 0 aliphatic carbocycles. The minimum absolute atomic E-state index is 0.0701. The summed E-state index contributed by atoms with van der Waals surface area (Å²) in [5.41, 5.74) is 4.44. The molecule has 0 aliphatic heterocycles. The zero-order chi connectivity index (χ0) is 19.4. The Morgan fingerprint density at radius 2 is 1.89 bits per heavy atom. The second-order valence-electron chi connectivity index (χ2n) is 6.94. The average Bonchev–Trinajstić information content (AvgIpc) is 3.17. The third-order valence-electron chi connectivity index (χ3n) is 5.06. The number of nitrogens with one attached hydrogen (secondary N) is 1. The highest BCUT2D eigenvalue weighted by Crippen LogP contribution is 2.23. The largest absolute Gasteiger partial charge is 0.349 e. The van der Waals surface area contributed by atoms with Gasteiger partial charge in [-0.15, -0.1) is 0 Å². The van der Waals surface area contributed by atoms with E-state index in [4.69, 9.17) is 4.98 Å². The fourth-order valence-corrected chi connectivity index (χ4v) is 3.98. The van der Waals surface area contributed by atoms with Crippen LogP contribution >= 0.6 is 11.8 Å². The summed E-state index contributed by atoms with van der Waals surface area (Å²) in [5.74, 6) is 1.97. The number of para-hydroxylation sites is 2. The molecular formula is C21H28N4OS. The normalized spacial score (nSPS) is 12.4. The van der Waals surface area contributed by atoms with Crippen LogP contribution in [0.5, 0.6) is 0 Å². The first kappa shape index (κ1) is 19.5. The molecule has 0 spiro atoms. The van der Waals surface area contributed by atoms with Crippen LogP contribution in [0.4, 0.5) is 0 Å². The van der Waals surface area contributed by atoms with Crippen LogP contribution in [-0.2, 0) is 18.4 Å². The summed E-state index contributed by atoms with van der Waals surface area (Å²) < 4.78 is 4.28. The van der Waals surface area contributed by atoms with Gasteiger partial charge in [-0.05, 0) is 56.5 Å². The number of hydrogen-bond donors (Lipinski definition) is 1. The third-order valence-corrected chi connectivity index (χ3v) is 5.70. The number of amides is 1. The van der Waals surface area contributed by atoms with Crippen molar-refractivity contribution in [2.75, 3.05) is 12.0 Å². The molecule has 0 unspecified atom stereocenters. The van der Waals surface area contributed by atoms with E-state index >= 15 is 0 Å². The van der Waals surface area contributed by atoms with Gasteiger partial charge in [0.15, 0.2) is 0 Å². The number of fused-ring (bicyclic) bond motifs is 1. The van der Waals surface area contributed by atoms with Gasteiger partial charge in [-0.25, -0.2) is 4.98 Å². The summed E-state index contributed by atoms with van der Waals surface area (Å²) in [6, 6.07) is 12.2. The molecule has 0 fully saturated rings. The van der Waals surface area contributed by atoms with Crippen molar-refractivity contribution >= 4 is 28.7 Å². The van der Waals surface area contributed by atoms with Gasteiger partial charge in [0.25, 0.3) is 0 Å². The molecule has 6 heteroatoms. The fourth-order valence-electron chi connectivity index (χ4n) is 3.51. The first-order chi connectivity index (χ1) is 13.0. The first-order valence-electron chi connectivity index (χ1n) is 9.33. The van der Waals surface area contributed by atoms with Gasteiger partial charge in [0.1, 0.15) is 5.82 Å². The Labute approximate surface area is 165 Å². The summed E-state index contributed by atoms with van der Waals surface area (Å²) >= 11 is 1.79. The maximum absolute atomic E-state index is 12.7. The van der Waals surface area contributed by atoms with Crippen LogP contribution in [-0.4, -0.2) is 32.0 Å². The Bertz CT molecular complexity index is 908. The highest BCUT2D eigenvalue weighted by Gasteiger charge is 2.20. The molecule has 0 saturated heterocycles. The number of carbonyl (C=O) groups is 1. The van der Waals surface area contributed by atoms with E-state index in [1.54, 1.807) is 11.8 Å². The van der Waals surface area contributed by atoms with Crippen molar-refractivity contribution < 1.29 is 4.79 Å². The minimum atomic E-state index is -0.0748. The van der Waals surface area contributed by atoms with Crippen LogP contribution in [0.2, 0.25) is 0 Å². The quantitative estimate of drug-likeness (QED) is 0.639. The van der Waals surface area contributed by atoms with E-state index in [2.05, 4.69) is 52.8 Å². The summed E-state index contributed by atoms with van der Waals surface area (Å²) in [6.45, 7) is 4.85. The number of imidazole rings is 1. The molecule has 1 N–H and O–H groups in total. The molecular weight excluding hydrogens is 356 g/mol. The molecule has 0 aliphatic rings. The predicted octanol–water partition coefficient (Wildman–Crippen LogP) is 3.99. The monoisotopic (exact) mass is 384 g/mol. The summed E-state index contributed by atoms with van der Waals surface area (Å²) in [6.07, 6.45) is 3.42. The lowest BCUT2D eigenvalue weighted by Crippen LogP contribution is -2.31. The number of thioether (sulfide) groups is 1. The van der Waals surface area contributed by atoms with E-state index in [0.29, 0.717) is 13.0 Å². The molecule has 1 amide bonds. The molecule has 2 aromatic heterocycles. The third kappa shape index (κ3) is 4.38. The number of hydrogen-bond acceptors (Lipinski definition) is 3. The lowest BCUT2D eigenvalue weighted by atomic mass is 10.2. The van der Waals surface area contributed by atoms with E-state index in [1.807, 2.05) is 25.2 Å². The molecule has 0 saturated carbocycles. The highest BCUT2D eigenvalue weighted by molar-refractivity contribution is 7.98. The van der Waals surface area contributed by atoms with Crippen molar-refractivity contribution in [3.63, 3.8) is 0 Å². The van der Waals surface area contributed by atoms with E-state index in [1.165, 1.54) is 11.4 Å². The molecule has 1 aromatic carbocycles. The maximum Gasteiger partial charge on any atom is 0.222 e.